The van der Waals surface area contributed by atoms with Gasteiger partial charge in [-0.25, -0.2) is 13.8 Å². The number of piperidine rings is 1. The standard InChI is InChI=1S/C24H21F2N7O/c1-14-2-5-19(33-28-7-8-29-33)22(23(14)26)24(34)31-9-6-15-12-32(20(15)13-31)21-11-27-18-10-16(25)3-4-17(18)30-21/h2-5,7-8,10-11,15,20H,6,9,12-13H2,1H3/t15-,20-/m0/s1. The molecule has 2 saturated heterocycles. The Hall–Kier alpha value is -3.95. The maximum absolute atomic E-state index is 15.2. The molecule has 4 aromatic rings. The largest absolute Gasteiger partial charge is 0.350 e. The number of nitrogens with zero attached hydrogens (tertiary/aromatic N) is 7. The Kier molecular flexibility index (Phi) is 4.75. The molecule has 8 nitrogen and oxygen atoms in total. The van der Waals surface area contributed by atoms with Gasteiger partial charge < -0.3 is 9.80 Å². The van der Waals surface area contributed by atoms with Crippen LogP contribution in [0.3, 0.4) is 0 Å². The van der Waals surface area contributed by atoms with Gasteiger partial charge in [-0.2, -0.15) is 15.0 Å². The molecule has 0 N–H and O–H groups in total. The molecule has 6 rings (SSSR count). The van der Waals surface area contributed by atoms with Crippen molar-refractivity contribution in [3.05, 3.63) is 71.7 Å². The lowest BCUT2D eigenvalue weighted by Crippen LogP contribution is -2.65. The number of amides is 1. The SMILES string of the molecule is Cc1ccc(-n2nccn2)c(C(=O)N2CC[C@H]3CN(c4cnc5cc(F)ccc5n4)[C@H]3C2)c1F. The highest BCUT2D eigenvalue weighted by atomic mass is 19.1. The molecular weight excluding hydrogens is 440 g/mol. The van der Waals surface area contributed by atoms with E-state index in [0.29, 0.717) is 47.1 Å². The van der Waals surface area contributed by atoms with Crippen molar-refractivity contribution in [2.24, 2.45) is 5.92 Å². The van der Waals surface area contributed by atoms with E-state index in [1.54, 1.807) is 36.2 Å². The van der Waals surface area contributed by atoms with Gasteiger partial charge in [0.15, 0.2) is 0 Å². The third-order valence-electron chi connectivity index (χ3n) is 6.79. The number of aryl methyl sites for hydroxylation is 1. The van der Waals surface area contributed by atoms with Gasteiger partial charge in [0.05, 0.1) is 35.7 Å². The van der Waals surface area contributed by atoms with E-state index in [1.165, 1.54) is 29.3 Å². The van der Waals surface area contributed by atoms with E-state index < -0.39 is 5.82 Å². The first-order chi connectivity index (χ1) is 16.5. The first kappa shape index (κ1) is 20.6. The van der Waals surface area contributed by atoms with Crippen LogP contribution >= 0.6 is 0 Å². The topological polar surface area (TPSA) is 80.0 Å². The molecule has 0 saturated carbocycles. The lowest BCUT2D eigenvalue weighted by atomic mass is 9.82. The number of benzene rings is 2. The van der Waals surface area contributed by atoms with Crippen molar-refractivity contribution in [1.29, 1.82) is 0 Å². The molecule has 0 aliphatic carbocycles. The van der Waals surface area contributed by atoms with Crippen LogP contribution in [0.5, 0.6) is 0 Å². The van der Waals surface area contributed by atoms with E-state index in [1.807, 2.05) is 0 Å². The second-order valence-electron chi connectivity index (χ2n) is 8.79. The number of carbonyl (C=O) groups is 1. The van der Waals surface area contributed by atoms with Gasteiger partial charge in [0.2, 0.25) is 0 Å². The van der Waals surface area contributed by atoms with Crippen LogP contribution in [0, 0.1) is 24.5 Å². The number of fused-ring (bicyclic) bond motifs is 2. The van der Waals surface area contributed by atoms with Gasteiger partial charge in [-0.1, -0.05) is 6.07 Å². The van der Waals surface area contributed by atoms with Crippen LogP contribution in [0.15, 0.2) is 48.9 Å². The Morgan fingerprint density at radius 1 is 1.06 bits per heavy atom. The summed E-state index contributed by atoms with van der Waals surface area (Å²) in [6.45, 7) is 3.45. The van der Waals surface area contributed by atoms with Gasteiger partial charge in [-0.05, 0) is 37.1 Å². The van der Waals surface area contributed by atoms with Gasteiger partial charge in [0.25, 0.3) is 5.91 Å². The number of likely N-dealkylation sites (tertiary alicyclic amines) is 1. The van der Waals surface area contributed by atoms with Crippen molar-refractivity contribution < 1.29 is 13.6 Å². The Morgan fingerprint density at radius 3 is 2.71 bits per heavy atom. The summed E-state index contributed by atoms with van der Waals surface area (Å²) in [6.07, 6.45) is 5.44. The van der Waals surface area contributed by atoms with Crippen LogP contribution in [0.25, 0.3) is 16.7 Å². The molecule has 172 valence electrons. The molecule has 0 spiro atoms. The third-order valence-corrected chi connectivity index (χ3v) is 6.79. The van der Waals surface area contributed by atoms with Crippen LogP contribution in [0.4, 0.5) is 14.6 Å². The van der Waals surface area contributed by atoms with Gasteiger partial charge in [-0.15, -0.1) is 0 Å². The molecule has 2 aliphatic rings. The molecule has 0 radical (unpaired) electrons. The number of rotatable bonds is 3. The second-order valence-corrected chi connectivity index (χ2v) is 8.79. The van der Waals surface area contributed by atoms with Crippen molar-refractivity contribution in [1.82, 2.24) is 29.9 Å². The van der Waals surface area contributed by atoms with Gasteiger partial charge >= 0.3 is 0 Å². The molecule has 2 aromatic heterocycles. The predicted molar refractivity (Wildman–Crippen MR) is 121 cm³/mol. The van der Waals surface area contributed by atoms with E-state index in [-0.39, 0.29) is 23.3 Å². The lowest BCUT2D eigenvalue weighted by Gasteiger charge is -2.53. The van der Waals surface area contributed by atoms with Crippen LogP contribution in [-0.2, 0) is 0 Å². The smallest absolute Gasteiger partial charge is 0.259 e. The van der Waals surface area contributed by atoms with Crippen LogP contribution in [-0.4, -0.2) is 61.4 Å². The maximum Gasteiger partial charge on any atom is 0.259 e. The van der Waals surface area contributed by atoms with Crippen LogP contribution in [0.1, 0.15) is 22.3 Å². The van der Waals surface area contributed by atoms with E-state index in [4.69, 9.17) is 0 Å². The highest BCUT2D eigenvalue weighted by Crippen LogP contribution is 2.37. The third kappa shape index (κ3) is 3.28. The number of carbonyl (C=O) groups excluding carboxylic acids is 1. The highest BCUT2D eigenvalue weighted by Gasteiger charge is 2.45. The number of hydrogen-bond donors (Lipinski definition) is 0. The number of hydrogen-bond acceptors (Lipinski definition) is 6. The fourth-order valence-electron chi connectivity index (χ4n) is 4.90. The molecule has 1 amide bonds. The maximum atomic E-state index is 15.2. The van der Waals surface area contributed by atoms with E-state index in [2.05, 4.69) is 25.1 Å². The molecule has 34 heavy (non-hydrogen) atoms. The van der Waals surface area contributed by atoms with Gasteiger partial charge in [-0.3, -0.25) is 9.78 Å². The normalized spacial score (nSPS) is 19.7. The average Bonchev–Trinajstić information content (AvgIpc) is 3.36. The molecule has 2 atom stereocenters. The summed E-state index contributed by atoms with van der Waals surface area (Å²) < 4.78 is 28.7. The molecule has 0 unspecified atom stereocenters. The van der Waals surface area contributed by atoms with E-state index in [9.17, 15) is 9.18 Å². The number of halogens is 2. The zero-order valence-corrected chi connectivity index (χ0v) is 18.4. The quantitative estimate of drug-likeness (QED) is 0.466. The fourth-order valence-corrected chi connectivity index (χ4v) is 4.90. The molecule has 10 heteroatoms. The summed E-state index contributed by atoms with van der Waals surface area (Å²) in [6, 6.07) is 7.68. The molecule has 4 heterocycles. The van der Waals surface area contributed by atoms with Crippen molar-refractivity contribution in [2.45, 2.75) is 19.4 Å². The van der Waals surface area contributed by atoms with Crippen molar-refractivity contribution >= 4 is 22.8 Å². The predicted octanol–water partition coefficient (Wildman–Crippen LogP) is 3.15. The second kappa shape index (κ2) is 7.82. The minimum atomic E-state index is -0.556. The molecular formula is C24H21F2N7O. The summed E-state index contributed by atoms with van der Waals surface area (Å²) in [5.74, 6) is -0.172. The minimum absolute atomic E-state index is 0.0203. The zero-order chi connectivity index (χ0) is 23.4. The van der Waals surface area contributed by atoms with Crippen molar-refractivity contribution in [3.8, 4) is 5.69 Å². The van der Waals surface area contributed by atoms with Crippen molar-refractivity contribution in [3.63, 3.8) is 0 Å². The Bertz CT molecular complexity index is 1410. The van der Waals surface area contributed by atoms with Crippen molar-refractivity contribution in [2.75, 3.05) is 24.5 Å². The zero-order valence-electron chi connectivity index (χ0n) is 18.4. The summed E-state index contributed by atoms with van der Waals surface area (Å²) in [5, 5.41) is 8.17. The Labute approximate surface area is 193 Å². The summed E-state index contributed by atoms with van der Waals surface area (Å²) >= 11 is 0. The first-order valence-corrected chi connectivity index (χ1v) is 11.1. The average molecular weight is 461 g/mol. The Morgan fingerprint density at radius 2 is 1.88 bits per heavy atom. The van der Waals surface area contributed by atoms with Gasteiger partial charge in [0, 0.05) is 31.6 Å². The monoisotopic (exact) mass is 461 g/mol. The fraction of sp³-hybridized carbons (Fsp3) is 0.292. The lowest BCUT2D eigenvalue weighted by molar-refractivity contribution is 0.0586. The Balaban J connectivity index is 1.28. The first-order valence-electron chi connectivity index (χ1n) is 11.1. The van der Waals surface area contributed by atoms with E-state index in [0.717, 1.165) is 13.0 Å². The molecule has 2 fully saturated rings. The highest BCUT2D eigenvalue weighted by molar-refractivity contribution is 5.98. The van der Waals surface area contributed by atoms with Crippen LogP contribution in [0.2, 0.25) is 0 Å². The van der Waals surface area contributed by atoms with Gasteiger partial charge in [0.1, 0.15) is 28.7 Å². The number of anilines is 1. The van der Waals surface area contributed by atoms with Crippen LogP contribution < -0.4 is 4.90 Å². The molecule has 2 aromatic carbocycles. The number of aromatic nitrogens is 5. The summed E-state index contributed by atoms with van der Waals surface area (Å²) in [5.41, 5.74) is 1.80. The minimum Gasteiger partial charge on any atom is -0.350 e. The molecule has 2 aliphatic heterocycles. The molecule has 0 bridgehead atoms. The van der Waals surface area contributed by atoms with E-state index >= 15 is 4.39 Å². The summed E-state index contributed by atoms with van der Waals surface area (Å²) in [4.78, 5) is 27.6. The summed E-state index contributed by atoms with van der Waals surface area (Å²) in [7, 11) is 0.